The Hall–Kier alpha value is -4.66. The first-order valence-corrected chi connectivity index (χ1v) is 22.2. The zero-order chi connectivity index (χ0) is 37.6. The third-order valence-corrected chi connectivity index (χ3v) is 16.9. The normalized spacial score (nSPS) is 26.1. The van der Waals surface area contributed by atoms with E-state index in [1.807, 2.05) is 11.3 Å². The minimum Gasteiger partial charge on any atom is -0.310 e. The lowest BCUT2D eigenvalue weighted by atomic mass is 9.43. The topological polar surface area (TPSA) is 3.24 Å². The molecule has 1 nitrogen and oxygen atoms in total. The Morgan fingerprint density at radius 3 is 1.88 bits per heavy atom. The molecule has 6 aliphatic rings. The van der Waals surface area contributed by atoms with Crippen molar-refractivity contribution in [3.63, 3.8) is 0 Å². The van der Waals surface area contributed by atoms with E-state index in [9.17, 15) is 0 Å². The van der Waals surface area contributed by atoms with Crippen LogP contribution in [0.15, 0.2) is 127 Å². The highest BCUT2D eigenvalue weighted by atomic mass is 32.1. The number of hydrogen-bond acceptors (Lipinski definition) is 2. The van der Waals surface area contributed by atoms with Crippen LogP contribution >= 0.6 is 11.3 Å². The second-order valence-electron chi connectivity index (χ2n) is 19.6. The van der Waals surface area contributed by atoms with Crippen LogP contribution in [-0.4, -0.2) is 0 Å². The van der Waals surface area contributed by atoms with E-state index in [2.05, 4.69) is 160 Å². The van der Waals surface area contributed by atoms with Crippen molar-refractivity contribution in [3.8, 4) is 22.3 Å². The number of nitrogens with zero attached hydrogens (tertiary/aromatic N) is 1. The number of thiophene rings is 1. The summed E-state index contributed by atoms with van der Waals surface area (Å²) in [5.74, 6) is 3.45. The molecule has 4 fully saturated rings. The van der Waals surface area contributed by atoms with Crippen LogP contribution in [-0.2, 0) is 16.2 Å². The van der Waals surface area contributed by atoms with Crippen molar-refractivity contribution >= 4 is 48.6 Å². The number of rotatable bonds is 4. The molecule has 56 heavy (non-hydrogen) atoms. The summed E-state index contributed by atoms with van der Waals surface area (Å²) in [6.07, 6.45) is 9.57. The van der Waals surface area contributed by atoms with Gasteiger partial charge in [0.2, 0.25) is 0 Å². The molecule has 0 aliphatic heterocycles. The van der Waals surface area contributed by atoms with Crippen molar-refractivity contribution < 1.29 is 0 Å². The average Bonchev–Trinajstić information content (AvgIpc) is 3.73. The van der Waals surface area contributed by atoms with Gasteiger partial charge in [0.1, 0.15) is 0 Å². The van der Waals surface area contributed by atoms with Crippen LogP contribution in [0.4, 0.5) is 17.1 Å². The van der Waals surface area contributed by atoms with Crippen molar-refractivity contribution in [1.82, 2.24) is 0 Å². The standard InChI is InChI=1S/C54H51NS/c1-52(2)24-25-53(3,4)48-32-40(20-22-46(48)52)55(39-21-23-50-44(31-39)42-10-6-8-15-49(42)56-50)38-18-16-35(17-19-38)41-12-9-14-47-51(41)43-11-5-7-13-45(43)54(47)36-27-33-26-34(29-36)30-37(54)28-33/h5-23,31-34,36-37H,24-30H2,1-4H3. The molecule has 0 amide bonds. The molecule has 0 N–H and O–H groups in total. The van der Waals surface area contributed by atoms with Gasteiger partial charge in [0.25, 0.3) is 0 Å². The maximum atomic E-state index is 2.53. The Morgan fingerprint density at radius 1 is 0.482 bits per heavy atom. The number of hydrogen-bond donors (Lipinski definition) is 0. The summed E-state index contributed by atoms with van der Waals surface area (Å²) in [5, 5.41) is 2.68. The third kappa shape index (κ3) is 4.60. The molecule has 0 unspecified atom stereocenters. The van der Waals surface area contributed by atoms with Gasteiger partial charge in [-0.15, -0.1) is 11.3 Å². The molecular weight excluding hydrogens is 695 g/mol. The SMILES string of the molecule is CC1(C)CCC(C)(C)c2cc(N(c3ccc(-c4cccc5c4-c4ccccc4C54C5CC6CC(C5)CC4C6)cc3)c3ccc4sc5ccccc5c4c3)ccc21. The quantitative estimate of drug-likeness (QED) is 0.173. The second-order valence-corrected chi connectivity index (χ2v) is 20.7. The van der Waals surface area contributed by atoms with E-state index in [1.54, 1.807) is 11.1 Å². The lowest BCUT2D eigenvalue weighted by Crippen LogP contribution is -2.55. The van der Waals surface area contributed by atoms with Gasteiger partial charge in [-0.05, 0) is 172 Å². The fraction of sp³-hybridized carbons (Fsp3) is 0.333. The first-order valence-electron chi connectivity index (χ1n) is 21.4. The van der Waals surface area contributed by atoms with E-state index in [1.165, 1.54) is 116 Å². The van der Waals surface area contributed by atoms with Crippen molar-refractivity contribution in [1.29, 1.82) is 0 Å². The molecule has 4 bridgehead atoms. The summed E-state index contributed by atoms with van der Waals surface area (Å²) in [7, 11) is 0. The van der Waals surface area contributed by atoms with Gasteiger partial charge >= 0.3 is 0 Å². The predicted molar refractivity (Wildman–Crippen MR) is 238 cm³/mol. The fourth-order valence-electron chi connectivity index (χ4n) is 13.2. The van der Waals surface area contributed by atoms with Gasteiger partial charge in [-0.1, -0.05) is 107 Å². The van der Waals surface area contributed by atoms with Crippen LogP contribution in [0, 0.1) is 23.7 Å². The Balaban J connectivity index is 1.01. The van der Waals surface area contributed by atoms with Crippen molar-refractivity contribution in [3.05, 3.63) is 150 Å². The minimum absolute atomic E-state index is 0.127. The van der Waals surface area contributed by atoms with E-state index >= 15 is 0 Å². The maximum absolute atomic E-state index is 2.53. The van der Waals surface area contributed by atoms with E-state index in [-0.39, 0.29) is 16.2 Å². The van der Waals surface area contributed by atoms with Gasteiger partial charge in [-0.25, -0.2) is 0 Å². The summed E-state index contributed by atoms with van der Waals surface area (Å²) in [6.45, 7) is 9.74. The highest BCUT2D eigenvalue weighted by molar-refractivity contribution is 7.25. The van der Waals surface area contributed by atoms with E-state index in [0.29, 0.717) is 0 Å². The molecule has 6 aromatic carbocycles. The van der Waals surface area contributed by atoms with E-state index in [4.69, 9.17) is 0 Å². The van der Waals surface area contributed by atoms with Gasteiger partial charge < -0.3 is 4.90 Å². The molecule has 4 saturated carbocycles. The van der Waals surface area contributed by atoms with Crippen molar-refractivity contribution in [2.45, 2.75) is 88.9 Å². The van der Waals surface area contributed by atoms with E-state index < -0.39 is 0 Å². The highest BCUT2D eigenvalue weighted by Gasteiger charge is 2.61. The first kappa shape index (κ1) is 33.5. The minimum atomic E-state index is 0.127. The molecule has 2 heteroatoms. The average molecular weight is 746 g/mol. The summed E-state index contributed by atoms with van der Waals surface area (Å²) in [5.41, 5.74) is 16.1. The van der Waals surface area contributed by atoms with Crippen molar-refractivity contribution in [2.75, 3.05) is 4.90 Å². The number of anilines is 3. The van der Waals surface area contributed by atoms with Gasteiger partial charge in [-0.3, -0.25) is 0 Å². The monoisotopic (exact) mass is 745 g/mol. The Labute approximate surface area is 336 Å². The van der Waals surface area contributed by atoms with Crippen LogP contribution in [0.25, 0.3) is 42.4 Å². The van der Waals surface area contributed by atoms with Crippen LogP contribution in [0.5, 0.6) is 0 Å². The van der Waals surface area contributed by atoms with Crippen LogP contribution in [0.1, 0.15) is 94.9 Å². The maximum Gasteiger partial charge on any atom is 0.0468 e. The fourth-order valence-corrected chi connectivity index (χ4v) is 14.3. The number of benzene rings is 6. The molecule has 0 saturated heterocycles. The molecule has 6 aliphatic carbocycles. The lowest BCUT2D eigenvalue weighted by molar-refractivity contribution is -0.0399. The second kappa shape index (κ2) is 11.7. The summed E-state index contributed by atoms with van der Waals surface area (Å²) < 4.78 is 2.69. The predicted octanol–water partition coefficient (Wildman–Crippen LogP) is 15.3. The zero-order valence-electron chi connectivity index (χ0n) is 33.2. The highest BCUT2D eigenvalue weighted by Crippen LogP contribution is 2.70. The molecule has 7 aromatic rings. The van der Waals surface area contributed by atoms with Gasteiger partial charge in [0.05, 0.1) is 0 Å². The zero-order valence-corrected chi connectivity index (χ0v) is 34.1. The molecule has 0 atom stereocenters. The Morgan fingerprint density at radius 2 is 1.09 bits per heavy atom. The van der Waals surface area contributed by atoms with Crippen molar-refractivity contribution in [2.24, 2.45) is 23.7 Å². The summed E-state index contributed by atoms with van der Waals surface area (Å²) in [4.78, 5) is 2.52. The summed E-state index contributed by atoms with van der Waals surface area (Å²) in [6, 6.07) is 49.8. The van der Waals surface area contributed by atoms with Crippen LogP contribution in [0.3, 0.4) is 0 Å². The first-order chi connectivity index (χ1) is 27.2. The Bertz CT molecular complexity index is 2700. The van der Waals surface area contributed by atoms with Gasteiger partial charge in [-0.2, -0.15) is 0 Å². The molecule has 1 spiro atoms. The number of fused-ring (bicyclic) bond motifs is 7. The van der Waals surface area contributed by atoms with Crippen LogP contribution < -0.4 is 4.90 Å². The molecule has 13 rings (SSSR count). The molecule has 278 valence electrons. The Kier molecular flexibility index (Phi) is 6.99. The van der Waals surface area contributed by atoms with E-state index in [0.717, 1.165) is 23.7 Å². The molecule has 1 aromatic heterocycles. The van der Waals surface area contributed by atoms with Gasteiger partial charge in [0, 0.05) is 42.6 Å². The smallest absolute Gasteiger partial charge is 0.0468 e. The molecule has 0 radical (unpaired) electrons. The largest absolute Gasteiger partial charge is 0.310 e. The summed E-state index contributed by atoms with van der Waals surface area (Å²) >= 11 is 1.89. The third-order valence-electron chi connectivity index (χ3n) is 15.7. The lowest BCUT2D eigenvalue weighted by Gasteiger charge is -2.61. The van der Waals surface area contributed by atoms with Crippen LogP contribution in [0.2, 0.25) is 0 Å². The molecule has 1 heterocycles. The molecular formula is C54H51NS. The van der Waals surface area contributed by atoms with Gasteiger partial charge in [0.15, 0.2) is 0 Å².